The molecular weight excluding hydrogens is 396 g/mol. The molecule has 168 valence electrons. The van der Waals surface area contributed by atoms with Crippen LogP contribution in [0.25, 0.3) is 0 Å². The van der Waals surface area contributed by atoms with E-state index in [1.165, 1.54) is 0 Å². The topological polar surface area (TPSA) is 96.5 Å². The Morgan fingerprint density at radius 3 is 2.74 bits per heavy atom. The highest BCUT2D eigenvalue weighted by atomic mass is 16.6. The molecule has 0 spiro atoms. The van der Waals surface area contributed by atoms with E-state index in [0.717, 1.165) is 28.1 Å². The van der Waals surface area contributed by atoms with Crippen LogP contribution in [0, 0.1) is 6.92 Å². The van der Waals surface area contributed by atoms with Gasteiger partial charge in [0.2, 0.25) is 0 Å². The molecule has 3 rings (SSSR count). The fourth-order valence-electron chi connectivity index (χ4n) is 3.60. The lowest BCUT2D eigenvalue weighted by Gasteiger charge is -2.30. The predicted octanol–water partition coefficient (Wildman–Crippen LogP) is 3.90. The van der Waals surface area contributed by atoms with Crippen LogP contribution in [0.4, 0.5) is 4.79 Å². The molecule has 0 radical (unpaired) electrons. The van der Waals surface area contributed by atoms with Gasteiger partial charge < -0.3 is 19.7 Å². The molecule has 2 heterocycles. The highest BCUT2D eigenvalue weighted by Gasteiger charge is 2.31. The highest BCUT2D eigenvalue weighted by molar-refractivity contribution is 5.94. The Bertz CT molecular complexity index is 961. The maximum atomic E-state index is 13.1. The number of fused-ring (bicyclic) bond motifs is 1. The second-order valence-electron chi connectivity index (χ2n) is 8.85. The Hall–Kier alpha value is -3.03. The number of nitrogens with zero attached hydrogens (tertiary/aromatic N) is 2. The third-order valence-electron chi connectivity index (χ3n) is 5.08. The highest BCUT2D eigenvalue weighted by Crippen LogP contribution is 2.28. The summed E-state index contributed by atoms with van der Waals surface area (Å²) in [7, 11) is 0. The minimum atomic E-state index is -0.574. The molecule has 0 aliphatic carbocycles. The van der Waals surface area contributed by atoms with Crippen LogP contribution in [-0.2, 0) is 17.7 Å². The summed E-state index contributed by atoms with van der Waals surface area (Å²) in [5, 5.41) is 10.2. The van der Waals surface area contributed by atoms with Crippen molar-refractivity contribution < 1.29 is 19.1 Å². The molecule has 31 heavy (non-hydrogen) atoms. The Morgan fingerprint density at radius 2 is 2.06 bits per heavy atom. The molecule has 0 bridgehead atoms. The minimum Gasteiger partial charge on any atom is -0.494 e. The van der Waals surface area contributed by atoms with E-state index in [1.54, 1.807) is 4.90 Å². The monoisotopic (exact) mass is 428 g/mol. The normalized spacial score (nSPS) is 14.6. The molecule has 0 fully saturated rings. The van der Waals surface area contributed by atoms with Crippen molar-refractivity contribution in [2.24, 2.45) is 0 Å². The van der Waals surface area contributed by atoms with Gasteiger partial charge in [-0.1, -0.05) is 17.7 Å². The average Bonchev–Trinajstić information content (AvgIpc) is 3.11. The summed E-state index contributed by atoms with van der Waals surface area (Å²) in [5.74, 6) is 0.459. The first-order valence-corrected chi connectivity index (χ1v) is 10.7. The quantitative estimate of drug-likeness (QED) is 0.753. The van der Waals surface area contributed by atoms with Crippen LogP contribution in [0.1, 0.15) is 73.5 Å². The second-order valence-corrected chi connectivity index (χ2v) is 8.85. The Morgan fingerprint density at radius 1 is 1.32 bits per heavy atom. The third kappa shape index (κ3) is 5.37. The van der Waals surface area contributed by atoms with Gasteiger partial charge in [0.15, 0.2) is 5.69 Å². The van der Waals surface area contributed by atoms with E-state index in [4.69, 9.17) is 9.47 Å². The fourth-order valence-corrected chi connectivity index (χ4v) is 3.60. The fraction of sp³-hybridized carbons (Fsp3) is 0.522. The summed E-state index contributed by atoms with van der Waals surface area (Å²) < 4.78 is 11.2. The number of carbonyl (C=O) groups is 2. The molecule has 2 aromatic rings. The molecule has 2 amide bonds. The van der Waals surface area contributed by atoms with Gasteiger partial charge >= 0.3 is 6.09 Å². The summed E-state index contributed by atoms with van der Waals surface area (Å²) in [6, 6.07) is 5.65. The molecule has 0 saturated carbocycles. The van der Waals surface area contributed by atoms with Gasteiger partial charge in [0.1, 0.15) is 11.4 Å². The predicted molar refractivity (Wildman–Crippen MR) is 117 cm³/mol. The van der Waals surface area contributed by atoms with Crippen LogP contribution < -0.4 is 10.1 Å². The molecule has 8 nitrogen and oxygen atoms in total. The summed E-state index contributed by atoms with van der Waals surface area (Å²) >= 11 is 0. The van der Waals surface area contributed by atoms with Crippen molar-refractivity contribution in [3.05, 3.63) is 46.3 Å². The number of aromatic nitrogens is 2. The van der Waals surface area contributed by atoms with Crippen molar-refractivity contribution in [2.45, 2.75) is 66.2 Å². The van der Waals surface area contributed by atoms with Crippen LogP contribution in [0.5, 0.6) is 5.75 Å². The van der Waals surface area contributed by atoms with Gasteiger partial charge in [-0.15, -0.1) is 0 Å². The van der Waals surface area contributed by atoms with Crippen molar-refractivity contribution in [2.75, 3.05) is 13.2 Å². The summed E-state index contributed by atoms with van der Waals surface area (Å²) in [5.41, 5.74) is 3.34. The molecule has 1 aromatic carbocycles. The van der Waals surface area contributed by atoms with Gasteiger partial charge in [-0.05, 0) is 47.6 Å². The average molecular weight is 429 g/mol. The molecular formula is C23H32N4O4. The van der Waals surface area contributed by atoms with Gasteiger partial charge in [0.25, 0.3) is 5.91 Å². The molecule has 0 saturated heterocycles. The smallest absolute Gasteiger partial charge is 0.410 e. The summed E-state index contributed by atoms with van der Waals surface area (Å²) in [6.07, 6.45) is 0.205. The lowest BCUT2D eigenvalue weighted by atomic mass is 10.0. The molecule has 1 aliphatic heterocycles. The SMILES string of the molecule is CCOc1ccc(C)cc1C(C)NC(=O)c1n[nH]c2c1CN(C(=O)OC(C)(C)C)CC2. The van der Waals surface area contributed by atoms with Crippen molar-refractivity contribution >= 4 is 12.0 Å². The number of rotatable bonds is 5. The maximum absolute atomic E-state index is 13.1. The number of ether oxygens (including phenoxy) is 2. The standard InChI is InChI=1S/C23H32N4O4/c1-7-30-19-9-8-14(2)12-16(19)15(3)24-21(28)20-17-13-27(11-10-18(17)25-26-20)22(29)31-23(4,5)6/h8-9,12,15H,7,10-11,13H2,1-6H3,(H,24,28)(H,25,26). The van der Waals surface area contributed by atoms with Crippen molar-refractivity contribution in [3.63, 3.8) is 0 Å². The number of aromatic amines is 1. The Kier molecular flexibility index (Phi) is 6.57. The van der Waals surface area contributed by atoms with E-state index < -0.39 is 5.60 Å². The van der Waals surface area contributed by atoms with E-state index in [9.17, 15) is 9.59 Å². The third-order valence-corrected chi connectivity index (χ3v) is 5.08. The van der Waals surface area contributed by atoms with Gasteiger partial charge in [-0.25, -0.2) is 4.79 Å². The number of hydrogen-bond acceptors (Lipinski definition) is 5. The van der Waals surface area contributed by atoms with E-state index in [2.05, 4.69) is 15.5 Å². The zero-order chi connectivity index (χ0) is 22.8. The molecule has 1 atom stereocenters. The van der Waals surface area contributed by atoms with Crippen molar-refractivity contribution in [1.29, 1.82) is 0 Å². The second kappa shape index (κ2) is 8.99. The van der Waals surface area contributed by atoms with E-state index >= 15 is 0 Å². The lowest BCUT2D eigenvalue weighted by Crippen LogP contribution is -2.40. The molecule has 8 heteroatoms. The first-order valence-electron chi connectivity index (χ1n) is 10.7. The van der Waals surface area contributed by atoms with E-state index in [0.29, 0.717) is 25.3 Å². The molecule has 1 aromatic heterocycles. The maximum Gasteiger partial charge on any atom is 0.410 e. The van der Waals surface area contributed by atoms with Gasteiger partial charge in [0.05, 0.1) is 19.2 Å². The Labute approximate surface area is 183 Å². The van der Waals surface area contributed by atoms with Crippen LogP contribution in [-0.4, -0.2) is 45.9 Å². The van der Waals surface area contributed by atoms with E-state index in [-0.39, 0.29) is 24.6 Å². The van der Waals surface area contributed by atoms with Crippen LogP contribution in [0.15, 0.2) is 18.2 Å². The number of nitrogens with one attached hydrogen (secondary N) is 2. The van der Waals surface area contributed by atoms with E-state index in [1.807, 2.05) is 59.7 Å². The number of H-pyrrole nitrogens is 1. The number of amides is 2. The largest absolute Gasteiger partial charge is 0.494 e. The Balaban J connectivity index is 1.76. The van der Waals surface area contributed by atoms with Crippen LogP contribution in [0.3, 0.4) is 0 Å². The zero-order valence-electron chi connectivity index (χ0n) is 19.2. The van der Waals surface area contributed by atoms with Gasteiger partial charge in [-0.3, -0.25) is 9.89 Å². The summed E-state index contributed by atoms with van der Waals surface area (Å²) in [4.78, 5) is 27.1. The number of aryl methyl sites for hydroxylation is 1. The van der Waals surface area contributed by atoms with Gasteiger partial charge in [0, 0.05) is 29.8 Å². The number of benzene rings is 1. The lowest BCUT2D eigenvalue weighted by molar-refractivity contribution is 0.0222. The molecule has 1 aliphatic rings. The van der Waals surface area contributed by atoms with Crippen LogP contribution >= 0.6 is 0 Å². The van der Waals surface area contributed by atoms with Crippen LogP contribution in [0.2, 0.25) is 0 Å². The first-order chi connectivity index (χ1) is 14.6. The summed E-state index contributed by atoms with van der Waals surface area (Å²) in [6.45, 7) is 12.7. The zero-order valence-corrected chi connectivity index (χ0v) is 19.2. The molecule has 1 unspecified atom stereocenters. The number of carbonyl (C=O) groups excluding carboxylic acids is 2. The van der Waals surface area contributed by atoms with Crippen molar-refractivity contribution in [1.82, 2.24) is 20.4 Å². The minimum absolute atomic E-state index is 0.271. The number of hydrogen-bond donors (Lipinski definition) is 2. The van der Waals surface area contributed by atoms with Crippen molar-refractivity contribution in [3.8, 4) is 5.75 Å². The van der Waals surface area contributed by atoms with Gasteiger partial charge in [-0.2, -0.15) is 5.10 Å². The first kappa shape index (κ1) is 22.7. The molecule has 2 N–H and O–H groups in total.